The summed E-state index contributed by atoms with van der Waals surface area (Å²) in [6.07, 6.45) is 10.5. The SMILES string of the molecule is CC1NCCC=C1c1nsnc1SCC1CCCCC1. The van der Waals surface area contributed by atoms with Crippen molar-refractivity contribution in [3.05, 3.63) is 11.8 Å². The molecule has 2 aliphatic rings. The third-order valence-corrected chi connectivity index (χ3v) is 6.18. The lowest BCUT2D eigenvalue weighted by atomic mass is 9.91. The first kappa shape index (κ1) is 14.5. The molecule has 0 bridgehead atoms. The zero-order valence-corrected chi connectivity index (χ0v) is 13.7. The molecule has 0 amide bonds. The molecule has 1 aliphatic carbocycles. The van der Waals surface area contributed by atoms with Gasteiger partial charge in [-0.2, -0.15) is 8.75 Å². The highest BCUT2D eigenvalue weighted by atomic mass is 32.2. The summed E-state index contributed by atoms with van der Waals surface area (Å²) in [4.78, 5) is 0. The molecule has 1 fully saturated rings. The van der Waals surface area contributed by atoms with Crippen LogP contribution >= 0.6 is 23.5 Å². The van der Waals surface area contributed by atoms with Gasteiger partial charge in [0.05, 0.1) is 11.7 Å². The third kappa shape index (κ3) is 3.43. The molecule has 0 saturated heterocycles. The first-order chi connectivity index (χ1) is 9.84. The average molecular weight is 310 g/mol. The van der Waals surface area contributed by atoms with E-state index in [1.807, 2.05) is 11.8 Å². The molecule has 2 heterocycles. The molecule has 1 aromatic heterocycles. The summed E-state index contributed by atoms with van der Waals surface area (Å²) in [6, 6.07) is 0.404. The Bertz CT molecular complexity index is 463. The summed E-state index contributed by atoms with van der Waals surface area (Å²) in [5.41, 5.74) is 2.48. The predicted molar refractivity (Wildman–Crippen MR) is 87.3 cm³/mol. The molecule has 1 aliphatic heterocycles. The molecule has 3 nitrogen and oxygen atoms in total. The lowest BCUT2D eigenvalue weighted by molar-refractivity contribution is 0.391. The van der Waals surface area contributed by atoms with Crippen LogP contribution in [-0.2, 0) is 0 Å². The minimum atomic E-state index is 0.404. The van der Waals surface area contributed by atoms with Gasteiger partial charge in [-0.1, -0.05) is 25.3 Å². The van der Waals surface area contributed by atoms with Crippen LogP contribution in [0, 0.1) is 5.92 Å². The number of thioether (sulfide) groups is 1. The average Bonchev–Trinajstić information content (AvgIpc) is 2.95. The molecule has 0 radical (unpaired) electrons. The first-order valence-corrected chi connectivity index (χ1v) is 9.45. The summed E-state index contributed by atoms with van der Waals surface area (Å²) < 4.78 is 9.09. The van der Waals surface area contributed by atoms with Crippen LogP contribution in [0.4, 0.5) is 0 Å². The smallest absolute Gasteiger partial charge is 0.138 e. The van der Waals surface area contributed by atoms with E-state index in [0.717, 1.165) is 29.6 Å². The van der Waals surface area contributed by atoms with Gasteiger partial charge in [-0.3, -0.25) is 0 Å². The Morgan fingerprint density at radius 2 is 2.15 bits per heavy atom. The molecule has 1 atom stereocenters. The molecule has 20 heavy (non-hydrogen) atoms. The van der Waals surface area contributed by atoms with Crippen molar-refractivity contribution in [1.29, 1.82) is 0 Å². The number of rotatable bonds is 4. The van der Waals surface area contributed by atoms with Crippen LogP contribution in [0.2, 0.25) is 0 Å². The molecule has 3 rings (SSSR count). The number of aromatic nitrogens is 2. The Morgan fingerprint density at radius 3 is 2.95 bits per heavy atom. The van der Waals surface area contributed by atoms with Crippen molar-refractivity contribution >= 4 is 29.1 Å². The van der Waals surface area contributed by atoms with Gasteiger partial charge in [-0.05, 0) is 44.2 Å². The molecule has 110 valence electrons. The van der Waals surface area contributed by atoms with E-state index in [4.69, 9.17) is 0 Å². The maximum absolute atomic E-state index is 4.56. The zero-order valence-electron chi connectivity index (χ0n) is 12.1. The maximum atomic E-state index is 4.56. The normalized spacial score (nSPS) is 24.6. The van der Waals surface area contributed by atoms with Crippen LogP contribution in [0.3, 0.4) is 0 Å². The first-order valence-electron chi connectivity index (χ1n) is 7.74. The Kier molecular flexibility index (Phi) is 5.13. The van der Waals surface area contributed by atoms with E-state index in [9.17, 15) is 0 Å². The topological polar surface area (TPSA) is 37.8 Å². The predicted octanol–water partition coefficient (Wildman–Crippen LogP) is 3.98. The van der Waals surface area contributed by atoms with Crippen molar-refractivity contribution < 1.29 is 0 Å². The van der Waals surface area contributed by atoms with Crippen molar-refractivity contribution in [2.45, 2.75) is 56.5 Å². The molecule has 1 aromatic rings. The fourth-order valence-electron chi connectivity index (χ4n) is 3.12. The van der Waals surface area contributed by atoms with Crippen LogP contribution in [0.15, 0.2) is 11.1 Å². The fourth-order valence-corrected chi connectivity index (χ4v) is 4.99. The summed E-state index contributed by atoms with van der Waals surface area (Å²) in [5.74, 6) is 2.10. The molecule has 1 saturated carbocycles. The van der Waals surface area contributed by atoms with Crippen LogP contribution in [0.1, 0.15) is 51.1 Å². The number of nitrogens with zero attached hydrogens (tertiary/aromatic N) is 2. The number of hydrogen-bond donors (Lipinski definition) is 1. The van der Waals surface area contributed by atoms with Crippen molar-refractivity contribution in [3.63, 3.8) is 0 Å². The second-order valence-electron chi connectivity index (χ2n) is 5.86. The fraction of sp³-hybridized carbons (Fsp3) is 0.733. The van der Waals surface area contributed by atoms with Gasteiger partial charge in [0, 0.05) is 11.8 Å². The van der Waals surface area contributed by atoms with Crippen molar-refractivity contribution in [3.8, 4) is 0 Å². The summed E-state index contributed by atoms with van der Waals surface area (Å²) in [6.45, 7) is 3.30. The van der Waals surface area contributed by atoms with Crippen molar-refractivity contribution in [1.82, 2.24) is 14.1 Å². The lowest BCUT2D eigenvalue weighted by Crippen LogP contribution is -2.31. The highest BCUT2D eigenvalue weighted by molar-refractivity contribution is 7.99. The number of nitrogens with one attached hydrogen (secondary N) is 1. The standard InChI is InChI=1S/C15H23N3S2/c1-11-13(8-5-9-16-11)14-15(18-20-17-14)19-10-12-6-3-2-4-7-12/h8,11-12,16H,2-7,9-10H2,1H3. The highest BCUT2D eigenvalue weighted by Crippen LogP contribution is 2.34. The van der Waals surface area contributed by atoms with Crippen LogP contribution in [-0.4, -0.2) is 27.1 Å². The van der Waals surface area contributed by atoms with Crippen molar-refractivity contribution in [2.75, 3.05) is 12.3 Å². The molecule has 0 aromatic carbocycles. The minimum absolute atomic E-state index is 0.404. The van der Waals surface area contributed by atoms with E-state index >= 15 is 0 Å². The number of hydrogen-bond acceptors (Lipinski definition) is 5. The van der Waals surface area contributed by atoms with Gasteiger partial charge in [-0.25, -0.2) is 0 Å². The van der Waals surface area contributed by atoms with Gasteiger partial charge in [0.2, 0.25) is 0 Å². The Morgan fingerprint density at radius 1 is 1.30 bits per heavy atom. The van der Waals surface area contributed by atoms with Gasteiger partial charge < -0.3 is 5.32 Å². The minimum Gasteiger partial charge on any atom is -0.310 e. The second-order valence-corrected chi connectivity index (χ2v) is 7.39. The molecule has 1 N–H and O–H groups in total. The summed E-state index contributed by atoms with van der Waals surface area (Å²) in [7, 11) is 0. The van der Waals surface area contributed by atoms with E-state index in [0.29, 0.717) is 6.04 Å². The van der Waals surface area contributed by atoms with Gasteiger partial charge in [0.1, 0.15) is 10.7 Å². The lowest BCUT2D eigenvalue weighted by Gasteiger charge is -2.22. The van der Waals surface area contributed by atoms with Crippen LogP contribution in [0.25, 0.3) is 5.57 Å². The van der Waals surface area contributed by atoms with E-state index < -0.39 is 0 Å². The quantitative estimate of drug-likeness (QED) is 0.854. The van der Waals surface area contributed by atoms with E-state index in [-0.39, 0.29) is 0 Å². The monoisotopic (exact) mass is 309 g/mol. The molecule has 5 heteroatoms. The van der Waals surface area contributed by atoms with E-state index in [2.05, 4.69) is 27.1 Å². The summed E-state index contributed by atoms with van der Waals surface area (Å²) >= 11 is 3.28. The molecule has 0 spiro atoms. The highest BCUT2D eigenvalue weighted by Gasteiger charge is 2.22. The Hall–Kier alpha value is -0.390. The van der Waals surface area contributed by atoms with Gasteiger partial charge in [-0.15, -0.1) is 11.8 Å². The maximum Gasteiger partial charge on any atom is 0.138 e. The van der Waals surface area contributed by atoms with Crippen LogP contribution < -0.4 is 5.32 Å². The van der Waals surface area contributed by atoms with E-state index in [1.165, 1.54) is 55.2 Å². The summed E-state index contributed by atoms with van der Waals surface area (Å²) in [5, 5.41) is 4.67. The third-order valence-electron chi connectivity index (χ3n) is 4.34. The Balaban J connectivity index is 1.65. The van der Waals surface area contributed by atoms with Gasteiger partial charge in [0.15, 0.2) is 0 Å². The largest absolute Gasteiger partial charge is 0.310 e. The zero-order chi connectivity index (χ0) is 13.8. The van der Waals surface area contributed by atoms with Crippen molar-refractivity contribution in [2.24, 2.45) is 5.92 Å². The Labute approximate surface area is 130 Å². The van der Waals surface area contributed by atoms with Gasteiger partial charge >= 0.3 is 0 Å². The molecular formula is C15H23N3S2. The molecule has 1 unspecified atom stereocenters. The van der Waals surface area contributed by atoms with Crippen LogP contribution in [0.5, 0.6) is 0 Å². The molecular weight excluding hydrogens is 286 g/mol. The van der Waals surface area contributed by atoms with Gasteiger partial charge in [0.25, 0.3) is 0 Å². The van der Waals surface area contributed by atoms with E-state index in [1.54, 1.807) is 0 Å². The second kappa shape index (κ2) is 7.05.